The van der Waals surface area contributed by atoms with Crippen molar-refractivity contribution < 1.29 is 29.4 Å². The standard InChI is InChI=1S/2C14H19NO3/c2*1-3-6-17-14-8-11-5-4-7-18-13(11)9-12(14)10(2)15-16/h2*8-9,16H,3-7H2,1-2H3. The first-order valence-electron chi connectivity index (χ1n) is 12.7. The Kier molecular flexibility index (Phi) is 10.3. The van der Waals surface area contributed by atoms with Gasteiger partial charge in [-0.05, 0) is 87.8 Å². The van der Waals surface area contributed by atoms with Crippen molar-refractivity contribution in [1.82, 2.24) is 0 Å². The van der Waals surface area contributed by atoms with Crippen molar-refractivity contribution in [2.24, 2.45) is 10.3 Å². The molecule has 0 fully saturated rings. The monoisotopic (exact) mass is 498 g/mol. The summed E-state index contributed by atoms with van der Waals surface area (Å²) in [5, 5.41) is 24.4. The summed E-state index contributed by atoms with van der Waals surface area (Å²) in [5.41, 5.74) is 5.01. The predicted octanol–water partition coefficient (Wildman–Crippen LogP) is 6.00. The van der Waals surface area contributed by atoms with E-state index < -0.39 is 0 Å². The van der Waals surface area contributed by atoms with Crippen LogP contribution < -0.4 is 18.9 Å². The first-order valence-corrected chi connectivity index (χ1v) is 12.7. The lowest BCUT2D eigenvalue weighted by atomic mass is 10.0. The number of hydrogen-bond acceptors (Lipinski definition) is 8. The molecule has 0 unspecified atom stereocenters. The van der Waals surface area contributed by atoms with Crippen molar-refractivity contribution in [2.75, 3.05) is 26.4 Å². The van der Waals surface area contributed by atoms with E-state index in [0.29, 0.717) is 24.6 Å². The Balaban J connectivity index is 0.000000201. The fourth-order valence-corrected chi connectivity index (χ4v) is 4.09. The summed E-state index contributed by atoms with van der Waals surface area (Å²) < 4.78 is 22.7. The minimum atomic E-state index is 0.540. The molecule has 4 rings (SSSR count). The average molecular weight is 499 g/mol. The molecule has 8 nitrogen and oxygen atoms in total. The number of ether oxygens (including phenoxy) is 4. The molecule has 0 radical (unpaired) electrons. The van der Waals surface area contributed by atoms with Gasteiger partial charge < -0.3 is 29.4 Å². The number of hydrogen-bond donors (Lipinski definition) is 2. The van der Waals surface area contributed by atoms with Crippen LogP contribution in [0.5, 0.6) is 23.0 Å². The smallest absolute Gasteiger partial charge is 0.129 e. The second-order valence-electron chi connectivity index (χ2n) is 8.88. The molecule has 0 bridgehead atoms. The van der Waals surface area contributed by atoms with Gasteiger partial charge in [0.25, 0.3) is 0 Å². The van der Waals surface area contributed by atoms with E-state index in [2.05, 4.69) is 24.2 Å². The van der Waals surface area contributed by atoms with Crippen LogP contribution in [0.15, 0.2) is 34.6 Å². The SMILES string of the molecule is CCCOc1cc2c(cc1C(C)=NO)OCCC2.CCCOc1cc2c(cc1C(C)=NO)OCCC2. The predicted molar refractivity (Wildman–Crippen MR) is 140 cm³/mol. The summed E-state index contributed by atoms with van der Waals surface area (Å²) in [7, 11) is 0. The van der Waals surface area contributed by atoms with Crippen molar-refractivity contribution in [2.45, 2.75) is 66.2 Å². The second kappa shape index (κ2) is 13.6. The fourth-order valence-electron chi connectivity index (χ4n) is 4.09. The molecule has 2 aromatic carbocycles. The van der Waals surface area contributed by atoms with Crippen LogP contribution in [0.4, 0.5) is 0 Å². The summed E-state index contributed by atoms with van der Waals surface area (Å²) in [6.45, 7) is 10.4. The van der Waals surface area contributed by atoms with Gasteiger partial charge in [-0.15, -0.1) is 0 Å². The lowest BCUT2D eigenvalue weighted by molar-refractivity contribution is 0.283. The molecule has 2 N–H and O–H groups in total. The molecule has 2 aliphatic heterocycles. The molecule has 0 saturated carbocycles. The van der Waals surface area contributed by atoms with E-state index in [-0.39, 0.29) is 0 Å². The molecule has 2 aromatic rings. The number of nitrogens with zero attached hydrogens (tertiary/aromatic N) is 2. The molecule has 36 heavy (non-hydrogen) atoms. The van der Waals surface area contributed by atoms with Crippen LogP contribution in [-0.2, 0) is 12.8 Å². The zero-order chi connectivity index (χ0) is 25.9. The highest BCUT2D eigenvalue weighted by atomic mass is 16.5. The van der Waals surface area contributed by atoms with Crippen LogP contribution in [0, 0.1) is 0 Å². The maximum atomic E-state index is 8.93. The molecule has 0 spiro atoms. The Morgan fingerprint density at radius 1 is 0.750 bits per heavy atom. The molecule has 0 amide bonds. The van der Waals surface area contributed by atoms with Crippen LogP contribution in [-0.4, -0.2) is 48.3 Å². The minimum Gasteiger partial charge on any atom is -0.493 e. The number of rotatable bonds is 8. The van der Waals surface area contributed by atoms with Gasteiger partial charge in [-0.1, -0.05) is 24.2 Å². The fraction of sp³-hybridized carbons (Fsp3) is 0.500. The van der Waals surface area contributed by atoms with Gasteiger partial charge in [0.05, 0.1) is 37.9 Å². The average Bonchev–Trinajstić information content (AvgIpc) is 2.93. The second-order valence-corrected chi connectivity index (χ2v) is 8.88. The van der Waals surface area contributed by atoms with Gasteiger partial charge in [0.1, 0.15) is 23.0 Å². The maximum absolute atomic E-state index is 8.93. The molecule has 8 heteroatoms. The molecule has 0 aromatic heterocycles. The summed E-state index contributed by atoms with van der Waals surface area (Å²) in [5.74, 6) is 3.30. The lowest BCUT2D eigenvalue weighted by Crippen LogP contribution is -2.11. The van der Waals surface area contributed by atoms with Gasteiger partial charge >= 0.3 is 0 Å². The van der Waals surface area contributed by atoms with Crippen LogP contribution in [0.25, 0.3) is 0 Å². The summed E-state index contributed by atoms with van der Waals surface area (Å²) in [6, 6.07) is 7.84. The molecule has 0 saturated heterocycles. The Bertz CT molecular complexity index is 995. The van der Waals surface area contributed by atoms with Crippen LogP contribution >= 0.6 is 0 Å². The highest BCUT2D eigenvalue weighted by Crippen LogP contribution is 2.34. The Morgan fingerprint density at radius 3 is 1.53 bits per heavy atom. The third kappa shape index (κ3) is 6.83. The van der Waals surface area contributed by atoms with Crippen molar-refractivity contribution in [3.05, 3.63) is 46.5 Å². The van der Waals surface area contributed by atoms with E-state index >= 15 is 0 Å². The van der Waals surface area contributed by atoms with Gasteiger partial charge in [0.15, 0.2) is 0 Å². The maximum Gasteiger partial charge on any atom is 0.129 e. The van der Waals surface area contributed by atoms with Crippen molar-refractivity contribution in [3.63, 3.8) is 0 Å². The number of oxime groups is 2. The third-order valence-corrected chi connectivity index (χ3v) is 6.02. The Labute approximate surface area is 213 Å². The van der Waals surface area contributed by atoms with Crippen LogP contribution in [0.3, 0.4) is 0 Å². The van der Waals surface area contributed by atoms with Gasteiger partial charge in [-0.3, -0.25) is 0 Å². The van der Waals surface area contributed by atoms with Crippen molar-refractivity contribution >= 4 is 11.4 Å². The highest BCUT2D eigenvalue weighted by Gasteiger charge is 2.18. The van der Waals surface area contributed by atoms with Gasteiger partial charge in [-0.25, -0.2) is 0 Å². The lowest BCUT2D eigenvalue weighted by Gasteiger charge is -2.20. The number of benzene rings is 2. The molecule has 2 heterocycles. The van der Waals surface area contributed by atoms with Gasteiger partial charge in [0.2, 0.25) is 0 Å². The molecule has 0 atom stereocenters. The quantitative estimate of drug-likeness (QED) is 0.263. The molecular formula is C28H38N2O6. The van der Waals surface area contributed by atoms with E-state index in [1.807, 2.05) is 24.3 Å². The minimum absolute atomic E-state index is 0.540. The van der Waals surface area contributed by atoms with E-state index in [9.17, 15) is 0 Å². The Morgan fingerprint density at radius 2 is 1.17 bits per heavy atom. The summed E-state index contributed by atoms with van der Waals surface area (Å²) in [4.78, 5) is 0. The first kappa shape index (κ1) is 27.2. The van der Waals surface area contributed by atoms with E-state index in [1.165, 1.54) is 11.1 Å². The van der Waals surface area contributed by atoms with E-state index in [1.54, 1.807) is 13.8 Å². The normalized spacial score (nSPS) is 14.9. The zero-order valence-corrected chi connectivity index (χ0v) is 21.8. The molecule has 196 valence electrons. The number of aryl methyl sites for hydroxylation is 2. The summed E-state index contributed by atoms with van der Waals surface area (Å²) >= 11 is 0. The summed E-state index contributed by atoms with van der Waals surface area (Å²) in [6.07, 6.45) is 5.98. The van der Waals surface area contributed by atoms with Crippen molar-refractivity contribution in [1.29, 1.82) is 0 Å². The largest absolute Gasteiger partial charge is 0.493 e. The molecule has 0 aliphatic carbocycles. The van der Waals surface area contributed by atoms with E-state index in [4.69, 9.17) is 29.4 Å². The molecule has 2 aliphatic rings. The first-order chi connectivity index (χ1) is 17.5. The zero-order valence-electron chi connectivity index (χ0n) is 21.8. The highest BCUT2D eigenvalue weighted by molar-refractivity contribution is 6.01. The van der Waals surface area contributed by atoms with Crippen LogP contribution in [0.1, 0.15) is 75.6 Å². The van der Waals surface area contributed by atoms with Crippen molar-refractivity contribution in [3.8, 4) is 23.0 Å². The van der Waals surface area contributed by atoms with Crippen LogP contribution in [0.2, 0.25) is 0 Å². The number of fused-ring (bicyclic) bond motifs is 2. The topological polar surface area (TPSA) is 102 Å². The molecular weight excluding hydrogens is 460 g/mol. The third-order valence-electron chi connectivity index (χ3n) is 6.02. The van der Waals surface area contributed by atoms with Gasteiger partial charge in [0, 0.05) is 11.1 Å². The Hall–Kier alpha value is -3.42. The van der Waals surface area contributed by atoms with E-state index in [0.717, 1.165) is 85.9 Å². The van der Waals surface area contributed by atoms with Gasteiger partial charge in [-0.2, -0.15) is 0 Å².